The van der Waals surface area contributed by atoms with Crippen molar-refractivity contribution in [2.45, 2.75) is 32.0 Å². The van der Waals surface area contributed by atoms with Gasteiger partial charge in [-0.15, -0.1) is 0 Å². The summed E-state index contributed by atoms with van der Waals surface area (Å²) in [5.74, 6) is -1.32. The van der Waals surface area contributed by atoms with Gasteiger partial charge in [0.15, 0.2) is 0 Å². The highest BCUT2D eigenvalue weighted by molar-refractivity contribution is 5.82. The lowest BCUT2D eigenvalue weighted by molar-refractivity contribution is -0.182. The van der Waals surface area contributed by atoms with Crippen LogP contribution in [0.3, 0.4) is 0 Å². The smallest absolute Gasteiger partial charge is 0.333 e. The van der Waals surface area contributed by atoms with Gasteiger partial charge in [0, 0.05) is 18.6 Å². The van der Waals surface area contributed by atoms with Gasteiger partial charge >= 0.3 is 11.9 Å². The number of isocyanates is 1. The number of rotatable bonds is 10. The molecule has 6 nitrogen and oxygen atoms in total. The maximum Gasteiger partial charge on any atom is 0.333 e. The van der Waals surface area contributed by atoms with Crippen molar-refractivity contribution in [1.29, 1.82) is 0 Å². The lowest BCUT2D eigenvalue weighted by atomic mass is 10.2. The van der Waals surface area contributed by atoms with Crippen LogP contribution in [0.15, 0.2) is 30.3 Å². The average molecular weight is 267 g/mol. The Hall–Kier alpha value is -2.20. The van der Waals surface area contributed by atoms with Crippen molar-refractivity contribution < 1.29 is 23.9 Å². The number of unbranched alkanes of at least 4 members (excludes halogenated alkanes) is 2. The van der Waals surface area contributed by atoms with Gasteiger partial charge in [-0.1, -0.05) is 19.6 Å². The molecule has 0 radical (unpaired) electrons. The van der Waals surface area contributed by atoms with Crippen molar-refractivity contribution in [3.63, 3.8) is 0 Å². The van der Waals surface area contributed by atoms with Crippen LogP contribution in [0.2, 0.25) is 0 Å². The van der Waals surface area contributed by atoms with E-state index in [2.05, 4.69) is 18.2 Å². The maximum absolute atomic E-state index is 11.1. The van der Waals surface area contributed by atoms with Gasteiger partial charge in [0.25, 0.3) is 0 Å². The van der Waals surface area contributed by atoms with Crippen molar-refractivity contribution in [1.82, 2.24) is 0 Å². The van der Waals surface area contributed by atoms with E-state index in [1.54, 1.807) is 0 Å². The van der Waals surface area contributed by atoms with Crippen LogP contribution in [0, 0.1) is 0 Å². The molecule has 0 bridgehead atoms. The number of carbonyl (C=O) groups is 2. The Kier molecular flexibility index (Phi) is 9.66. The summed E-state index contributed by atoms with van der Waals surface area (Å²) in [6, 6.07) is 0. The van der Waals surface area contributed by atoms with Gasteiger partial charge in [0.1, 0.15) is 0 Å². The minimum Gasteiger partial charge on any atom is -0.422 e. The Morgan fingerprint density at radius 1 is 1.11 bits per heavy atom. The van der Waals surface area contributed by atoms with Crippen LogP contribution in [0.4, 0.5) is 0 Å². The molecule has 0 heterocycles. The first-order valence-corrected chi connectivity index (χ1v) is 5.83. The standard InChI is InChI=1S/C13H17NO5/c1-3-11(16)18-13(19-12(17)4-2)8-6-5-7-9-14-10-15/h3-4,13H,1-2,5-9H2. The first-order valence-electron chi connectivity index (χ1n) is 5.83. The third kappa shape index (κ3) is 9.50. The van der Waals surface area contributed by atoms with Crippen LogP contribution in [0.5, 0.6) is 0 Å². The van der Waals surface area contributed by atoms with Crippen LogP contribution < -0.4 is 0 Å². The molecule has 0 saturated carbocycles. The summed E-state index contributed by atoms with van der Waals surface area (Å²) in [5, 5.41) is 0. The minimum atomic E-state index is -0.953. The fraction of sp³-hybridized carbons (Fsp3) is 0.462. The number of nitrogens with zero attached hydrogens (tertiary/aromatic N) is 1. The fourth-order valence-corrected chi connectivity index (χ4v) is 1.22. The second kappa shape index (κ2) is 10.9. The monoisotopic (exact) mass is 267 g/mol. The van der Waals surface area contributed by atoms with E-state index in [4.69, 9.17) is 9.47 Å². The van der Waals surface area contributed by atoms with E-state index < -0.39 is 18.2 Å². The van der Waals surface area contributed by atoms with Gasteiger partial charge in [0.05, 0.1) is 6.54 Å². The Balaban J connectivity index is 4.06. The third-order valence-corrected chi connectivity index (χ3v) is 2.10. The highest BCUT2D eigenvalue weighted by Crippen LogP contribution is 2.09. The minimum absolute atomic E-state index is 0.365. The van der Waals surface area contributed by atoms with Gasteiger partial charge in [-0.05, 0) is 12.8 Å². The highest BCUT2D eigenvalue weighted by atomic mass is 16.7. The zero-order valence-corrected chi connectivity index (χ0v) is 10.7. The van der Waals surface area contributed by atoms with E-state index in [1.807, 2.05) is 0 Å². The van der Waals surface area contributed by atoms with Gasteiger partial charge in [-0.3, -0.25) is 0 Å². The number of hydrogen-bond donors (Lipinski definition) is 0. The molecule has 0 aromatic rings. The summed E-state index contributed by atoms with van der Waals surface area (Å²) in [5.41, 5.74) is 0. The Morgan fingerprint density at radius 2 is 1.68 bits per heavy atom. The number of aliphatic imine (C=N–C) groups is 1. The van der Waals surface area contributed by atoms with E-state index in [-0.39, 0.29) is 0 Å². The fourth-order valence-electron chi connectivity index (χ4n) is 1.22. The van der Waals surface area contributed by atoms with E-state index in [0.717, 1.165) is 18.6 Å². The molecule has 0 aliphatic rings. The molecule has 0 aromatic heterocycles. The highest BCUT2D eigenvalue weighted by Gasteiger charge is 2.15. The number of ether oxygens (including phenoxy) is 2. The van der Waals surface area contributed by atoms with Crippen molar-refractivity contribution in [2.75, 3.05) is 6.54 Å². The van der Waals surface area contributed by atoms with Crippen molar-refractivity contribution >= 4 is 18.0 Å². The third-order valence-electron chi connectivity index (χ3n) is 2.10. The second-order valence-corrected chi connectivity index (χ2v) is 3.53. The Morgan fingerprint density at radius 3 is 2.16 bits per heavy atom. The van der Waals surface area contributed by atoms with Crippen molar-refractivity contribution in [2.24, 2.45) is 4.99 Å². The van der Waals surface area contributed by atoms with Gasteiger partial charge < -0.3 is 9.47 Å². The molecule has 0 spiro atoms. The largest absolute Gasteiger partial charge is 0.422 e. The Bertz CT molecular complexity index is 349. The van der Waals surface area contributed by atoms with E-state index in [1.165, 1.54) is 6.08 Å². The average Bonchev–Trinajstić information content (AvgIpc) is 2.41. The SMILES string of the molecule is C=CC(=O)OC(CCCCCN=C=O)OC(=O)C=C. The molecule has 0 fully saturated rings. The zero-order valence-electron chi connectivity index (χ0n) is 10.7. The lowest BCUT2D eigenvalue weighted by Crippen LogP contribution is -2.23. The molecule has 6 heteroatoms. The molecule has 0 saturated heterocycles. The van der Waals surface area contributed by atoms with Gasteiger partial charge in [-0.2, -0.15) is 0 Å². The molecule has 104 valence electrons. The summed E-state index contributed by atoms with van der Waals surface area (Å²) in [7, 11) is 0. The molecule has 0 aliphatic heterocycles. The molecular weight excluding hydrogens is 250 g/mol. The molecule has 0 aliphatic carbocycles. The number of esters is 2. The van der Waals surface area contributed by atoms with Gasteiger partial charge in [0.2, 0.25) is 12.4 Å². The van der Waals surface area contributed by atoms with E-state index in [9.17, 15) is 14.4 Å². The molecular formula is C13H17NO5. The Labute approximate surface area is 111 Å². The van der Waals surface area contributed by atoms with Crippen molar-refractivity contribution in [3.05, 3.63) is 25.3 Å². The lowest BCUT2D eigenvalue weighted by Gasteiger charge is -2.16. The topological polar surface area (TPSA) is 82.0 Å². The first-order chi connectivity index (χ1) is 9.13. The summed E-state index contributed by atoms with van der Waals surface area (Å²) in [6.07, 6.45) is 4.99. The normalized spacial score (nSPS) is 9.32. The first kappa shape index (κ1) is 16.8. The molecule has 0 unspecified atom stereocenters. The molecule has 0 atom stereocenters. The maximum atomic E-state index is 11.1. The number of hydrogen-bond acceptors (Lipinski definition) is 6. The summed E-state index contributed by atoms with van der Waals surface area (Å²) >= 11 is 0. The van der Waals surface area contributed by atoms with Crippen LogP contribution in [-0.2, 0) is 23.9 Å². The quantitative estimate of drug-likeness (QED) is 0.150. The second-order valence-electron chi connectivity index (χ2n) is 3.53. The van der Waals surface area contributed by atoms with Crippen LogP contribution in [0.25, 0.3) is 0 Å². The molecule has 0 amide bonds. The molecule has 0 N–H and O–H groups in total. The van der Waals surface area contributed by atoms with Crippen LogP contribution >= 0.6 is 0 Å². The predicted octanol–water partition coefficient (Wildman–Crippen LogP) is 1.67. The van der Waals surface area contributed by atoms with Gasteiger partial charge in [-0.25, -0.2) is 19.4 Å². The van der Waals surface area contributed by atoms with Crippen LogP contribution in [0.1, 0.15) is 25.7 Å². The van der Waals surface area contributed by atoms with E-state index >= 15 is 0 Å². The summed E-state index contributed by atoms with van der Waals surface area (Å²) in [6.45, 7) is 6.93. The molecule has 0 rings (SSSR count). The number of carbonyl (C=O) groups excluding carboxylic acids is 3. The zero-order chi connectivity index (χ0) is 14.5. The summed E-state index contributed by atoms with van der Waals surface area (Å²) < 4.78 is 9.73. The van der Waals surface area contributed by atoms with Crippen LogP contribution in [-0.4, -0.2) is 30.9 Å². The predicted molar refractivity (Wildman–Crippen MR) is 67.8 cm³/mol. The van der Waals surface area contributed by atoms with Crippen molar-refractivity contribution in [3.8, 4) is 0 Å². The molecule has 19 heavy (non-hydrogen) atoms. The van der Waals surface area contributed by atoms with E-state index in [0.29, 0.717) is 25.8 Å². The molecule has 0 aromatic carbocycles. The summed E-state index contributed by atoms with van der Waals surface area (Å²) in [4.78, 5) is 35.3.